The van der Waals surface area contributed by atoms with Gasteiger partial charge in [0, 0.05) is 6.08 Å². The van der Waals surface area contributed by atoms with Gasteiger partial charge in [-0.25, -0.2) is 4.79 Å². The largest absolute Gasteiger partial charge is 0.507 e. The molecule has 0 aliphatic rings. The number of phenolic OH excluding ortho intramolecular Hbond substituents is 1. The smallest absolute Gasteiger partial charge is 0.330 e. The summed E-state index contributed by atoms with van der Waals surface area (Å²) in [6.07, 6.45) is 2.93. The van der Waals surface area contributed by atoms with Crippen LogP contribution in [0, 0.1) is 0 Å². The summed E-state index contributed by atoms with van der Waals surface area (Å²) in [4.78, 5) is 10.8. The molecule has 14 heavy (non-hydrogen) atoms. The molecule has 0 fully saturated rings. The number of ether oxygens (including phenoxy) is 1. The lowest BCUT2D eigenvalue weighted by atomic mass is 10.2. The van der Waals surface area contributed by atoms with Crippen LogP contribution in [0.4, 0.5) is 0 Å². The minimum atomic E-state index is -0.408. The van der Waals surface area contributed by atoms with E-state index >= 15 is 0 Å². The van der Waals surface area contributed by atoms with Crippen LogP contribution in [0.2, 0.25) is 0 Å². The molecule has 0 atom stereocenters. The summed E-state index contributed by atoms with van der Waals surface area (Å²) in [6, 6.07) is 4.94. The molecule has 3 nitrogen and oxygen atoms in total. The van der Waals surface area contributed by atoms with Gasteiger partial charge < -0.3 is 9.84 Å². The van der Waals surface area contributed by atoms with Gasteiger partial charge in [0.2, 0.25) is 0 Å². The number of rotatable bonds is 2. The number of methoxy groups -OCH3 is 1. The maximum atomic E-state index is 10.8. The lowest BCUT2D eigenvalue weighted by molar-refractivity contribution is -0.134. The first-order valence-electron chi connectivity index (χ1n) is 3.88. The van der Waals surface area contributed by atoms with Crippen molar-refractivity contribution in [3.05, 3.63) is 34.3 Å². The van der Waals surface area contributed by atoms with Crippen molar-refractivity contribution in [1.82, 2.24) is 0 Å². The average Bonchev–Trinajstić information content (AvgIpc) is 2.19. The van der Waals surface area contributed by atoms with Gasteiger partial charge in [0.1, 0.15) is 5.75 Å². The van der Waals surface area contributed by atoms with Crippen molar-refractivity contribution in [1.29, 1.82) is 0 Å². The van der Waals surface area contributed by atoms with E-state index in [-0.39, 0.29) is 5.75 Å². The van der Waals surface area contributed by atoms with Crippen LogP contribution in [0.15, 0.2) is 28.7 Å². The number of carbonyl (C=O) groups excluding carboxylic acids is 1. The summed E-state index contributed by atoms with van der Waals surface area (Å²) in [5.74, 6) is -0.241. The summed E-state index contributed by atoms with van der Waals surface area (Å²) in [7, 11) is 1.32. The Balaban J connectivity index is 2.83. The third-order valence-electron chi connectivity index (χ3n) is 1.58. The highest BCUT2D eigenvalue weighted by atomic mass is 79.9. The number of halogens is 1. The van der Waals surface area contributed by atoms with Crippen LogP contribution in [0.25, 0.3) is 6.08 Å². The second-order valence-electron chi connectivity index (χ2n) is 2.57. The number of hydrogen-bond acceptors (Lipinski definition) is 3. The number of esters is 1. The van der Waals surface area contributed by atoms with E-state index in [0.717, 1.165) is 5.56 Å². The van der Waals surface area contributed by atoms with E-state index < -0.39 is 5.97 Å². The summed E-state index contributed by atoms with van der Waals surface area (Å²) >= 11 is 3.17. The topological polar surface area (TPSA) is 46.5 Å². The van der Waals surface area contributed by atoms with E-state index in [1.165, 1.54) is 13.2 Å². The van der Waals surface area contributed by atoms with Gasteiger partial charge in [0.15, 0.2) is 0 Å². The standard InChI is InChI=1S/C10H9BrO3/c1-14-10(13)5-3-7-2-4-9(12)8(11)6-7/h2-6,12H,1H3/b5-3+. The Hall–Kier alpha value is -1.29. The van der Waals surface area contributed by atoms with Gasteiger partial charge in [0.25, 0.3) is 0 Å². The Kier molecular flexibility index (Phi) is 3.71. The molecule has 0 heterocycles. The van der Waals surface area contributed by atoms with Crippen molar-refractivity contribution >= 4 is 28.0 Å². The average molecular weight is 257 g/mol. The maximum Gasteiger partial charge on any atom is 0.330 e. The lowest BCUT2D eigenvalue weighted by Gasteiger charge is -1.97. The number of phenols is 1. The molecule has 1 aromatic rings. The number of aromatic hydroxyl groups is 1. The van der Waals surface area contributed by atoms with E-state index in [0.29, 0.717) is 4.47 Å². The number of carbonyl (C=O) groups is 1. The van der Waals surface area contributed by atoms with Crippen LogP contribution in [-0.2, 0) is 9.53 Å². The second kappa shape index (κ2) is 4.81. The fourth-order valence-corrected chi connectivity index (χ4v) is 1.26. The molecule has 1 rings (SSSR count). The molecular formula is C10H9BrO3. The maximum absolute atomic E-state index is 10.8. The predicted octanol–water partition coefficient (Wildman–Crippen LogP) is 2.34. The first kappa shape index (κ1) is 10.8. The molecule has 0 aromatic heterocycles. The van der Waals surface area contributed by atoms with E-state index in [1.54, 1.807) is 24.3 Å². The molecule has 0 radical (unpaired) electrons. The minimum Gasteiger partial charge on any atom is -0.507 e. The van der Waals surface area contributed by atoms with Gasteiger partial charge in [0.05, 0.1) is 11.6 Å². The molecule has 0 unspecified atom stereocenters. The molecule has 0 aliphatic carbocycles. The molecule has 74 valence electrons. The van der Waals surface area contributed by atoms with Crippen molar-refractivity contribution in [2.75, 3.05) is 7.11 Å². The van der Waals surface area contributed by atoms with Gasteiger partial charge in [-0.05, 0) is 39.7 Å². The number of hydrogen-bond donors (Lipinski definition) is 1. The molecule has 0 saturated carbocycles. The summed E-state index contributed by atoms with van der Waals surface area (Å²) in [5, 5.41) is 9.20. The highest BCUT2D eigenvalue weighted by Gasteiger charge is 1.97. The van der Waals surface area contributed by atoms with Crippen LogP contribution in [0.3, 0.4) is 0 Å². The summed E-state index contributed by atoms with van der Waals surface area (Å²) in [5.41, 5.74) is 0.806. The molecule has 1 N–H and O–H groups in total. The fourth-order valence-electron chi connectivity index (χ4n) is 0.859. The molecule has 0 aliphatic heterocycles. The van der Waals surface area contributed by atoms with Crippen molar-refractivity contribution in [2.45, 2.75) is 0 Å². The lowest BCUT2D eigenvalue weighted by Crippen LogP contribution is -1.93. The molecule has 0 amide bonds. The Morgan fingerprint density at radius 1 is 1.57 bits per heavy atom. The van der Waals surface area contributed by atoms with Crippen molar-refractivity contribution in [2.24, 2.45) is 0 Å². The van der Waals surface area contributed by atoms with E-state index in [2.05, 4.69) is 20.7 Å². The Labute approximate surface area is 90.1 Å². The van der Waals surface area contributed by atoms with Crippen LogP contribution >= 0.6 is 15.9 Å². The van der Waals surface area contributed by atoms with E-state index in [4.69, 9.17) is 0 Å². The van der Waals surface area contributed by atoms with Crippen LogP contribution in [-0.4, -0.2) is 18.2 Å². The summed E-state index contributed by atoms with van der Waals surface area (Å²) in [6.45, 7) is 0. The molecule has 1 aromatic carbocycles. The van der Waals surface area contributed by atoms with Crippen LogP contribution < -0.4 is 0 Å². The monoisotopic (exact) mass is 256 g/mol. The first-order valence-corrected chi connectivity index (χ1v) is 4.67. The van der Waals surface area contributed by atoms with Crippen LogP contribution in [0.5, 0.6) is 5.75 Å². The van der Waals surface area contributed by atoms with E-state index in [1.807, 2.05) is 0 Å². The number of benzene rings is 1. The van der Waals surface area contributed by atoms with Gasteiger partial charge in [-0.15, -0.1) is 0 Å². The van der Waals surface area contributed by atoms with Crippen molar-refractivity contribution < 1.29 is 14.6 Å². The molecule has 0 spiro atoms. The van der Waals surface area contributed by atoms with Crippen molar-refractivity contribution in [3.63, 3.8) is 0 Å². The zero-order valence-electron chi connectivity index (χ0n) is 7.53. The van der Waals surface area contributed by atoms with Gasteiger partial charge in [-0.3, -0.25) is 0 Å². The Morgan fingerprint density at radius 3 is 2.86 bits per heavy atom. The van der Waals surface area contributed by atoms with Crippen molar-refractivity contribution in [3.8, 4) is 5.75 Å². The third-order valence-corrected chi connectivity index (χ3v) is 2.22. The summed E-state index contributed by atoms with van der Waals surface area (Å²) < 4.78 is 5.03. The quantitative estimate of drug-likeness (QED) is 0.653. The van der Waals surface area contributed by atoms with Gasteiger partial charge >= 0.3 is 5.97 Å². The first-order chi connectivity index (χ1) is 6.63. The fraction of sp³-hybridized carbons (Fsp3) is 0.100. The Bertz CT molecular complexity index is 372. The molecule has 0 saturated heterocycles. The molecule has 4 heteroatoms. The zero-order chi connectivity index (χ0) is 10.6. The predicted molar refractivity (Wildman–Crippen MR) is 56.9 cm³/mol. The highest BCUT2D eigenvalue weighted by molar-refractivity contribution is 9.10. The second-order valence-corrected chi connectivity index (χ2v) is 3.42. The zero-order valence-corrected chi connectivity index (χ0v) is 9.11. The van der Waals surface area contributed by atoms with Gasteiger partial charge in [-0.1, -0.05) is 6.07 Å². The van der Waals surface area contributed by atoms with Gasteiger partial charge in [-0.2, -0.15) is 0 Å². The van der Waals surface area contributed by atoms with E-state index in [9.17, 15) is 9.90 Å². The SMILES string of the molecule is COC(=O)/C=C/c1ccc(O)c(Br)c1. The molecular weight excluding hydrogens is 248 g/mol. The molecule has 0 bridgehead atoms. The minimum absolute atomic E-state index is 0.167. The normalized spacial score (nSPS) is 10.4. The van der Waals surface area contributed by atoms with Crippen LogP contribution in [0.1, 0.15) is 5.56 Å². The highest BCUT2D eigenvalue weighted by Crippen LogP contribution is 2.24. The Morgan fingerprint density at radius 2 is 2.29 bits per heavy atom. The third kappa shape index (κ3) is 2.88.